The Bertz CT molecular complexity index is 530. The van der Waals surface area contributed by atoms with Crippen LogP contribution in [0.2, 0.25) is 10.0 Å². The Morgan fingerprint density at radius 1 is 1.29 bits per heavy atom. The van der Waals surface area contributed by atoms with Crippen molar-refractivity contribution in [2.45, 2.75) is 20.0 Å². The zero-order chi connectivity index (χ0) is 12.6. The second-order valence-electron chi connectivity index (χ2n) is 3.89. The largest absolute Gasteiger partial charge is 0.389 e. The van der Waals surface area contributed by atoms with E-state index in [1.54, 1.807) is 23.9 Å². The Morgan fingerprint density at radius 2 is 2.00 bits per heavy atom. The number of aliphatic hydroxyl groups is 1. The van der Waals surface area contributed by atoms with Crippen LogP contribution in [0.3, 0.4) is 0 Å². The second kappa shape index (κ2) is 4.69. The standard InChI is InChI=1S/C12H12Cl2N2O/c1-7-11(14)6-16(15-7)12-4-3-9(8(2)17)5-10(12)13/h3-6,8,17H,1-2H3/t8-/m0/s1. The average Bonchev–Trinajstić information content (AvgIpc) is 2.58. The first kappa shape index (κ1) is 12.4. The van der Waals surface area contributed by atoms with Crippen molar-refractivity contribution in [2.24, 2.45) is 0 Å². The maximum atomic E-state index is 9.46. The van der Waals surface area contributed by atoms with Crippen LogP contribution in [0.5, 0.6) is 0 Å². The molecule has 0 aliphatic rings. The Kier molecular flexibility index (Phi) is 3.43. The van der Waals surface area contributed by atoms with E-state index >= 15 is 0 Å². The highest BCUT2D eigenvalue weighted by Gasteiger charge is 2.09. The molecule has 1 aromatic heterocycles. The van der Waals surface area contributed by atoms with Crippen LogP contribution in [-0.4, -0.2) is 14.9 Å². The summed E-state index contributed by atoms with van der Waals surface area (Å²) in [7, 11) is 0. The predicted octanol–water partition coefficient (Wildman–Crippen LogP) is 3.54. The van der Waals surface area contributed by atoms with Gasteiger partial charge < -0.3 is 5.11 Å². The highest BCUT2D eigenvalue weighted by Crippen LogP contribution is 2.26. The van der Waals surface area contributed by atoms with Gasteiger partial charge >= 0.3 is 0 Å². The molecule has 5 heteroatoms. The summed E-state index contributed by atoms with van der Waals surface area (Å²) >= 11 is 12.1. The fraction of sp³-hybridized carbons (Fsp3) is 0.250. The first-order chi connectivity index (χ1) is 7.99. The molecular weight excluding hydrogens is 259 g/mol. The van der Waals surface area contributed by atoms with Gasteiger partial charge in [0.15, 0.2) is 0 Å². The van der Waals surface area contributed by atoms with Crippen molar-refractivity contribution in [1.82, 2.24) is 9.78 Å². The number of benzene rings is 1. The molecule has 0 unspecified atom stereocenters. The maximum absolute atomic E-state index is 9.46. The molecule has 0 radical (unpaired) electrons. The van der Waals surface area contributed by atoms with Crippen LogP contribution < -0.4 is 0 Å². The Morgan fingerprint density at radius 3 is 2.47 bits per heavy atom. The highest BCUT2D eigenvalue weighted by atomic mass is 35.5. The molecule has 1 N–H and O–H groups in total. The van der Waals surface area contributed by atoms with Gasteiger partial charge in [0.25, 0.3) is 0 Å². The number of aliphatic hydroxyl groups excluding tert-OH is 1. The van der Waals surface area contributed by atoms with E-state index in [9.17, 15) is 5.11 Å². The predicted molar refractivity (Wildman–Crippen MR) is 69.0 cm³/mol. The molecule has 17 heavy (non-hydrogen) atoms. The zero-order valence-corrected chi connectivity index (χ0v) is 11.0. The summed E-state index contributed by atoms with van der Waals surface area (Å²) in [5.74, 6) is 0. The summed E-state index contributed by atoms with van der Waals surface area (Å²) in [4.78, 5) is 0. The molecule has 2 aromatic rings. The van der Waals surface area contributed by atoms with Crippen LogP contribution in [0, 0.1) is 6.92 Å². The van der Waals surface area contributed by atoms with E-state index in [1.807, 2.05) is 19.1 Å². The molecule has 0 aliphatic heterocycles. The summed E-state index contributed by atoms with van der Waals surface area (Å²) in [6.45, 7) is 3.52. The molecule has 0 bridgehead atoms. The van der Waals surface area contributed by atoms with Gasteiger partial charge in [-0.2, -0.15) is 5.10 Å². The molecular formula is C12H12Cl2N2O. The van der Waals surface area contributed by atoms with Gasteiger partial charge in [0.05, 0.1) is 27.5 Å². The molecule has 0 saturated carbocycles. The van der Waals surface area contributed by atoms with Crippen LogP contribution >= 0.6 is 23.2 Å². The smallest absolute Gasteiger partial charge is 0.0832 e. The van der Waals surface area contributed by atoms with Crippen molar-refractivity contribution in [3.63, 3.8) is 0 Å². The number of aryl methyl sites for hydroxylation is 1. The third kappa shape index (κ3) is 2.46. The van der Waals surface area contributed by atoms with Gasteiger partial charge in [-0.15, -0.1) is 0 Å². The van der Waals surface area contributed by atoms with Crippen molar-refractivity contribution in [2.75, 3.05) is 0 Å². The second-order valence-corrected chi connectivity index (χ2v) is 4.71. The van der Waals surface area contributed by atoms with Gasteiger partial charge in [0.1, 0.15) is 0 Å². The van der Waals surface area contributed by atoms with Gasteiger partial charge in [-0.1, -0.05) is 29.3 Å². The van der Waals surface area contributed by atoms with E-state index in [4.69, 9.17) is 23.2 Å². The molecule has 0 spiro atoms. The Hall–Kier alpha value is -1.03. The molecule has 0 fully saturated rings. The van der Waals surface area contributed by atoms with E-state index in [2.05, 4.69) is 5.10 Å². The number of halogens is 2. The average molecular weight is 271 g/mol. The first-order valence-electron chi connectivity index (χ1n) is 5.18. The number of aromatic nitrogens is 2. The molecule has 0 aliphatic carbocycles. The molecule has 1 heterocycles. The minimum absolute atomic E-state index is 0.530. The molecule has 1 aromatic carbocycles. The number of nitrogens with zero attached hydrogens (tertiary/aromatic N) is 2. The van der Waals surface area contributed by atoms with Crippen molar-refractivity contribution >= 4 is 23.2 Å². The highest BCUT2D eigenvalue weighted by molar-refractivity contribution is 6.32. The van der Waals surface area contributed by atoms with Crippen LogP contribution in [0.25, 0.3) is 5.69 Å². The number of rotatable bonds is 2. The number of hydrogen-bond acceptors (Lipinski definition) is 2. The molecule has 3 nitrogen and oxygen atoms in total. The Balaban J connectivity index is 2.46. The van der Waals surface area contributed by atoms with Crippen molar-refractivity contribution in [3.05, 3.63) is 45.7 Å². The first-order valence-corrected chi connectivity index (χ1v) is 5.94. The lowest BCUT2D eigenvalue weighted by Crippen LogP contribution is -1.98. The SMILES string of the molecule is Cc1nn(-c2ccc([C@H](C)O)cc2Cl)cc1Cl. The lowest BCUT2D eigenvalue weighted by atomic mass is 10.1. The van der Waals surface area contributed by atoms with Gasteiger partial charge in [0, 0.05) is 6.20 Å². The van der Waals surface area contributed by atoms with Gasteiger partial charge in [0.2, 0.25) is 0 Å². The van der Waals surface area contributed by atoms with Crippen LogP contribution in [0.4, 0.5) is 0 Å². The van der Waals surface area contributed by atoms with Crippen LogP contribution in [0.1, 0.15) is 24.3 Å². The fourth-order valence-corrected chi connectivity index (χ4v) is 1.94. The molecule has 0 saturated heterocycles. The van der Waals surface area contributed by atoms with Gasteiger partial charge in [-0.05, 0) is 31.5 Å². The zero-order valence-electron chi connectivity index (χ0n) is 9.48. The summed E-state index contributed by atoms with van der Waals surface area (Å²) < 4.78 is 1.63. The lowest BCUT2D eigenvalue weighted by molar-refractivity contribution is 0.199. The number of hydrogen-bond donors (Lipinski definition) is 1. The van der Waals surface area contributed by atoms with Crippen LogP contribution in [-0.2, 0) is 0 Å². The van der Waals surface area contributed by atoms with E-state index in [-0.39, 0.29) is 0 Å². The topological polar surface area (TPSA) is 38.0 Å². The molecule has 0 amide bonds. The van der Waals surface area contributed by atoms with E-state index < -0.39 is 6.10 Å². The lowest BCUT2D eigenvalue weighted by Gasteiger charge is -2.08. The minimum atomic E-state index is -0.538. The monoisotopic (exact) mass is 270 g/mol. The Labute approximate surface area is 110 Å². The maximum Gasteiger partial charge on any atom is 0.0832 e. The normalized spacial score (nSPS) is 12.8. The summed E-state index contributed by atoms with van der Waals surface area (Å²) in [5, 5.41) is 14.8. The summed E-state index contributed by atoms with van der Waals surface area (Å²) in [6, 6.07) is 5.36. The molecule has 1 atom stereocenters. The minimum Gasteiger partial charge on any atom is -0.389 e. The van der Waals surface area contributed by atoms with Crippen molar-refractivity contribution in [3.8, 4) is 5.69 Å². The van der Waals surface area contributed by atoms with E-state index in [0.717, 1.165) is 16.9 Å². The van der Waals surface area contributed by atoms with Crippen molar-refractivity contribution in [1.29, 1.82) is 0 Å². The quantitative estimate of drug-likeness (QED) is 0.907. The van der Waals surface area contributed by atoms with Gasteiger partial charge in [-0.3, -0.25) is 0 Å². The van der Waals surface area contributed by atoms with Gasteiger partial charge in [-0.25, -0.2) is 4.68 Å². The summed E-state index contributed by atoms with van der Waals surface area (Å²) in [5.41, 5.74) is 2.27. The third-order valence-corrected chi connectivity index (χ3v) is 3.21. The van der Waals surface area contributed by atoms with E-state index in [1.165, 1.54) is 0 Å². The van der Waals surface area contributed by atoms with Crippen LogP contribution in [0.15, 0.2) is 24.4 Å². The summed E-state index contributed by atoms with van der Waals surface area (Å²) in [6.07, 6.45) is 1.17. The third-order valence-electron chi connectivity index (χ3n) is 2.54. The molecule has 2 rings (SSSR count). The fourth-order valence-electron chi connectivity index (χ4n) is 1.53. The van der Waals surface area contributed by atoms with E-state index in [0.29, 0.717) is 10.0 Å². The van der Waals surface area contributed by atoms with Crippen molar-refractivity contribution < 1.29 is 5.11 Å². The molecule has 90 valence electrons.